The van der Waals surface area contributed by atoms with E-state index in [9.17, 15) is 31.1 Å². The monoisotopic (exact) mass is 323 g/mol. The normalized spacial score (nSPS) is 12.3. The van der Waals surface area contributed by atoms with Gasteiger partial charge in [-0.25, -0.2) is 9.78 Å². The van der Waals surface area contributed by atoms with Crippen molar-refractivity contribution < 1.29 is 41.0 Å². The maximum absolute atomic E-state index is 12.8. The molecular weight excluding hydrogens is 320 g/mol. The van der Waals surface area contributed by atoms with E-state index in [2.05, 4.69) is 9.72 Å². The molecule has 0 aliphatic carbocycles. The minimum Gasteiger partial charge on any atom is -0.477 e. The second-order valence-corrected chi connectivity index (χ2v) is 3.59. The van der Waals surface area contributed by atoms with Crippen molar-refractivity contribution >= 4 is 17.6 Å². The van der Waals surface area contributed by atoms with Gasteiger partial charge < -0.3 is 9.84 Å². The van der Waals surface area contributed by atoms with Gasteiger partial charge in [-0.05, 0) is 5.56 Å². The predicted octanol–water partition coefficient (Wildman–Crippen LogP) is 3.44. The molecule has 0 spiro atoms. The SMILES string of the molecule is O=C(O)c1c(OC(F)(F)F)ncc(CCl)c1C(F)(F)F. The van der Waals surface area contributed by atoms with Gasteiger partial charge in [0.05, 0.1) is 5.56 Å². The summed E-state index contributed by atoms with van der Waals surface area (Å²) in [7, 11) is 0. The van der Waals surface area contributed by atoms with E-state index in [0.29, 0.717) is 6.20 Å². The van der Waals surface area contributed by atoms with Crippen molar-refractivity contribution in [2.75, 3.05) is 0 Å². The average molecular weight is 324 g/mol. The van der Waals surface area contributed by atoms with Crippen molar-refractivity contribution in [3.63, 3.8) is 0 Å². The number of carboxylic acids is 1. The molecule has 1 aromatic heterocycles. The lowest BCUT2D eigenvalue weighted by molar-refractivity contribution is -0.276. The number of rotatable bonds is 3. The van der Waals surface area contributed by atoms with Crippen LogP contribution in [0.15, 0.2) is 6.20 Å². The van der Waals surface area contributed by atoms with E-state index in [1.807, 2.05) is 0 Å². The van der Waals surface area contributed by atoms with Crippen LogP contribution in [0, 0.1) is 0 Å². The lowest BCUT2D eigenvalue weighted by Crippen LogP contribution is -2.23. The van der Waals surface area contributed by atoms with Crippen molar-refractivity contribution in [1.29, 1.82) is 0 Å². The van der Waals surface area contributed by atoms with Gasteiger partial charge in [0.1, 0.15) is 5.56 Å². The summed E-state index contributed by atoms with van der Waals surface area (Å²) in [6, 6.07) is 0. The lowest BCUT2D eigenvalue weighted by Gasteiger charge is -2.17. The second-order valence-electron chi connectivity index (χ2n) is 3.32. The molecule has 1 N–H and O–H groups in total. The zero-order chi connectivity index (χ0) is 15.7. The van der Waals surface area contributed by atoms with E-state index in [1.54, 1.807) is 0 Å². The van der Waals surface area contributed by atoms with Crippen molar-refractivity contribution in [2.45, 2.75) is 18.4 Å². The first-order valence-electron chi connectivity index (χ1n) is 4.61. The molecule has 0 fully saturated rings. The third-order valence-corrected chi connectivity index (χ3v) is 2.26. The maximum atomic E-state index is 12.8. The van der Waals surface area contributed by atoms with Gasteiger partial charge in [-0.3, -0.25) is 0 Å². The molecule has 0 aliphatic rings. The molecule has 0 saturated heterocycles. The third-order valence-electron chi connectivity index (χ3n) is 1.98. The number of carbonyl (C=O) groups is 1. The fraction of sp³-hybridized carbons (Fsp3) is 0.333. The molecule has 4 nitrogen and oxygen atoms in total. The summed E-state index contributed by atoms with van der Waals surface area (Å²) < 4.78 is 77.6. The Balaban J connectivity index is 3.61. The molecule has 0 amide bonds. The number of alkyl halides is 7. The highest BCUT2D eigenvalue weighted by Crippen LogP contribution is 2.39. The Morgan fingerprint density at radius 1 is 1.30 bits per heavy atom. The van der Waals surface area contributed by atoms with Crippen LogP contribution in [0.25, 0.3) is 0 Å². The highest BCUT2D eigenvalue weighted by atomic mass is 35.5. The number of ether oxygens (including phenoxy) is 1. The van der Waals surface area contributed by atoms with Gasteiger partial charge in [-0.15, -0.1) is 24.8 Å². The topological polar surface area (TPSA) is 59.4 Å². The van der Waals surface area contributed by atoms with Crippen LogP contribution in [0.5, 0.6) is 5.88 Å². The van der Waals surface area contributed by atoms with Gasteiger partial charge in [0.2, 0.25) is 5.88 Å². The molecule has 0 aliphatic heterocycles. The second kappa shape index (κ2) is 5.35. The van der Waals surface area contributed by atoms with E-state index in [-0.39, 0.29) is 0 Å². The van der Waals surface area contributed by atoms with Crippen LogP contribution < -0.4 is 4.74 Å². The Morgan fingerprint density at radius 3 is 2.20 bits per heavy atom. The zero-order valence-electron chi connectivity index (χ0n) is 9.14. The molecule has 1 heterocycles. The standard InChI is InChI=1S/C9H4ClF6NO3/c10-1-3-2-17-6(20-9(14,15)16)4(7(18)19)5(3)8(11,12)13/h2H,1H2,(H,18,19). The largest absolute Gasteiger partial charge is 0.574 e. The molecule has 0 unspecified atom stereocenters. The molecule has 0 saturated carbocycles. The summed E-state index contributed by atoms with van der Waals surface area (Å²) in [6.07, 6.45) is -10.2. The van der Waals surface area contributed by atoms with Crippen molar-refractivity contribution in [2.24, 2.45) is 0 Å². The van der Waals surface area contributed by atoms with Crippen LogP contribution in [0.3, 0.4) is 0 Å². The van der Waals surface area contributed by atoms with E-state index < -0.39 is 47.0 Å². The Kier molecular flexibility index (Phi) is 4.37. The Morgan fingerprint density at radius 2 is 1.85 bits per heavy atom. The smallest absolute Gasteiger partial charge is 0.477 e. The lowest BCUT2D eigenvalue weighted by atomic mass is 10.0. The predicted molar refractivity (Wildman–Crippen MR) is 52.4 cm³/mol. The van der Waals surface area contributed by atoms with Gasteiger partial charge >= 0.3 is 18.5 Å². The number of halogens is 7. The minimum atomic E-state index is -5.39. The van der Waals surface area contributed by atoms with Crippen LogP contribution in [0.2, 0.25) is 0 Å². The number of hydrogen-bond donors (Lipinski definition) is 1. The molecule has 20 heavy (non-hydrogen) atoms. The fourth-order valence-electron chi connectivity index (χ4n) is 1.34. The molecule has 0 aromatic carbocycles. The number of hydrogen-bond acceptors (Lipinski definition) is 3. The van der Waals surface area contributed by atoms with Gasteiger partial charge in [0.15, 0.2) is 0 Å². The van der Waals surface area contributed by atoms with Gasteiger partial charge in [-0.2, -0.15) is 13.2 Å². The van der Waals surface area contributed by atoms with Gasteiger partial charge in [-0.1, -0.05) is 0 Å². The quantitative estimate of drug-likeness (QED) is 0.684. The number of nitrogens with zero attached hydrogens (tertiary/aromatic N) is 1. The van der Waals surface area contributed by atoms with E-state index in [0.717, 1.165) is 0 Å². The summed E-state index contributed by atoms with van der Waals surface area (Å²) in [5.74, 6) is -4.75. The average Bonchev–Trinajstić information content (AvgIpc) is 2.24. The summed E-state index contributed by atoms with van der Waals surface area (Å²) in [5.41, 5.74) is -4.34. The fourth-order valence-corrected chi connectivity index (χ4v) is 1.55. The first-order chi connectivity index (χ1) is 8.97. The molecule has 0 radical (unpaired) electrons. The first-order valence-corrected chi connectivity index (χ1v) is 5.15. The van der Waals surface area contributed by atoms with Crippen LogP contribution in [0.4, 0.5) is 26.3 Å². The Labute approximate surface area is 111 Å². The Bertz CT molecular complexity index is 528. The number of carboxylic acid groups (broad SMARTS) is 1. The number of pyridine rings is 1. The molecule has 0 bridgehead atoms. The molecular formula is C9H4ClF6NO3. The van der Waals surface area contributed by atoms with Crippen LogP contribution in [-0.4, -0.2) is 22.4 Å². The van der Waals surface area contributed by atoms with Crippen LogP contribution >= 0.6 is 11.6 Å². The molecule has 11 heteroatoms. The Hall–Kier alpha value is -1.71. The van der Waals surface area contributed by atoms with Crippen LogP contribution in [-0.2, 0) is 12.1 Å². The summed E-state index contributed by atoms with van der Waals surface area (Å²) >= 11 is 5.20. The minimum absolute atomic E-state index is 0.378. The molecule has 0 atom stereocenters. The first kappa shape index (κ1) is 16.3. The van der Waals surface area contributed by atoms with Gasteiger partial charge in [0, 0.05) is 12.1 Å². The van der Waals surface area contributed by atoms with E-state index >= 15 is 0 Å². The number of aromatic carboxylic acids is 1. The van der Waals surface area contributed by atoms with E-state index in [1.165, 1.54) is 0 Å². The maximum Gasteiger partial charge on any atom is 0.574 e. The number of aromatic nitrogens is 1. The summed E-state index contributed by atoms with van der Waals surface area (Å²) in [6.45, 7) is 0. The highest BCUT2D eigenvalue weighted by molar-refractivity contribution is 6.17. The highest BCUT2D eigenvalue weighted by Gasteiger charge is 2.42. The van der Waals surface area contributed by atoms with E-state index in [4.69, 9.17) is 16.7 Å². The zero-order valence-corrected chi connectivity index (χ0v) is 9.90. The molecule has 112 valence electrons. The van der Waals surface area contributed by atoms with Crippen LogP contribution in [0.1, 0.15) is 21.5 Å². The summed E-state index contributed by atoms with van der Waals surface area (Å²) in [5, 5.41) is 8.70. The van der Waals surface area contributed by atoms with Crippen molar-refractivity contribution in [1.82, 2.24) is 4.98 Å². The summed E-state index contributed by atoms with van der Waals surface area (Å²) in [4.78, 5) is 13.7. The molecule has 1 aromatic rings. The molecule has 1 rings (SSSR count). The van der Waals surface area contributed by atoms with Crippen molar-refractivity contribution in [3.05, 3.63) is 22.9 Å². The van der Waals surface area contributed by atoms with Gasteiger partial charge in [0.25, 0.3) is 0 Å². The third kappa shape index (κ3) is 3.65. The van der Waals surface area contributed by atoms with Crippen molar-refractivity contribution in [3.8, 4) is 5.88 Å².